The molecule has 1 amide bonds. The lowest BCUT2D eigenvalue weighted by Gasteiger charge is -2.28. The molecule has 1 atom stereocenters. The molecule has 0 aliphatic rings. The zero-order valence-corrected chi connectivity index (χ0v) is 13.6. The first kappa shape index (κ1) is 19.9. The smallest absolute Gasteiger partial charge is 0.327 e. The zero-order valence-electron chi connectivity index (χ0n) is 12.8. The van der Waals surface area contributed by atoms with Gasteiger partial charge >= 0.3 is 5.97 Å². The molecule has 0 saturated carbocycles. The molecule has 0 bridgehead atoms. The van der Waals surface area contributed by atoms with E-state index in [2.05, 4.69) is 12.2 Å². The van der Waals surface area contributed by atoms with Gasteiger partial charge in [-0.25, -0.2) is 4.79 Å². The van der Waals surface area contributed by atoms with Crippen molar-refractivity contribution in [2.45, 2.75) is 70.1 Å². The molecule has 0 aliphatic carbocycles. The molecule has 3 N–H and O–H groups in total. The van der Waals surface area contributed by atoms with E-state index in [4.69, 9.17) is 9.66 Å². The predicted octanol–water partition coefficient (Wildman–Crippen LogP) is 1.58. The number of carbonyl (C=O) groups is 2. The summed E-state index contributed by atoms with van der Waals surface area (Å²) in [6.07, 6.45) is 4.77. The average Bonchev–Trinajstić information content (AvgIpc) is 2.33. The maximum absolute atomic E-state index is 11.7. The number of amides is 1. The number of carboxylic acids is 1. The molecule has 0 aliphatic heterocycles. The summed E-state index contributed by atoms with van der Waals surface area (Å²) in [6.45, 7) is 4.19. The number of carbonyl (C=O) groups excluding carboxylic acids is 1. The van der Waals surface area contributed by atoms with Crippen molar-refractivity contribution in [3.63, 3.8) is 0 Å². The SMILES string of the molecule is CCCCCCCC(=O)N[C@@H](C(=O)O)C(C)(C)S(=O)(=O)O. The van der Waals surface area contributed by atoms with Crippen LogP contribution in [0.25, 0.3) is 0 Å². The molecule has 0 radical (unpaired) electrons. The molecule has 0 spiro atoms. The Morgan fingerprint density at radius 2 is 1.67 bits per heavy atom. The maximum Gasteiger partial charge on any atom is 0.327 e. The van der Waals surface area contributed by atoms with Crippen LogP contribution in [0.2, 0.25) is 0 Å². The molecule has 0 unspecified atom stereocenters. The average molecular weight is 323 g/mol. The van der Waals surface area contributed by atoms with Crippen molar-refractivity contribution in [3.05, 3.63) is 0 Å². The number of hydrogen-bond donors (Lipinski definition) is 3. The molecular weight excluding hydrogens is 298 g/mol. The second kappa shape index (κ2) is 8.33. The van der Waals surface area contributed by atoms with Gasteiger partial charge in [-0.2, -0.15) is 8.42 Å². The first-order chi connectivity index (χ1) is 9.54. The van der Waals surface area contributed by atoms with Gasteiger partial charge in [0.1, 0.15) is 10.8 Å². The fraction of sp³-hybridized carbons (Fsp3) is 0.846. The third-order valence-corrected chi connectivity index (χ3v) is 4.99. The Labute approximate surface area is 125 Å². The van der Waals surface area contributed by atoms with E-state index >= 15 is 0 Å². The third kappa shape index (κ3) is 6.43. The van der Waals surface area contributed by atoms with E-state index in [1.165, 1.54) is 0 Å². The quantitative estimate of drug-likeness (QED) is 0.414. The molecular formula is C13H25NO6S. The summed E-state index contributed by atoms with van der Waals surface area (Å²) in [5.41, 5.74) is 0. The van der Waals surface area contributed by atoms with Gasteiger partial charge in [-0.3, -0.25) is 9.35 Å². The molecule has 0 fully saturated rings. The van der Waals surface area contributed by atoms with Crippen LogP contribution in [0.5, 0.6) is 0 Å². The number of rotatable bonds is 10. The van der Waals surface area contributed by atoms with E-state index in [1.807, 2.05) is 0 Å². The standard InChI is InChI=1S/C13H25NO6S/c1-4-5-6-7-8-9-10(15)14-11(12(16)17)13(2,3)21(18,19)20/h11H,4-9H2,1-3H3,(H,14,15)(H,16,17)(H,18,19,20)/t11-/m0/s1. The second-order valence-electron chi connectivity index (χ2n) is 5.58. The van der Waals surface area contributed by atoms with Crippen molar-refractivity contribution in [2.75, 3.05) is 0 Å². The van der Waals surface area contributed by atoms with Crippen LogP contribution in [0.15, 0.2) is 0 Å². The number of unbranched alkanes of at least 4 members (excludes halogenated alkanes) is 4. The van der Waals surface area contributed by atoms with E-state index in [0.29, 0.717) is 6.42 Å². The normalized spacial score (nSPS) is 13.7. The van der Waals surface area contributed by atoms with E-state index in [-0.39, 0.29) is 6.42 Å². The second-order valence-corrected chi connectivity index (χ2v) is 7.58. The number of carboxylic acid groups (broad SMARTS) is 1. The van der Waals surface area contributed by atoms with Crippen LogP contribution < -0.4 is 5.32 Å². The molecule has 0 heterocycles. The lowest BCUT2D eigenvalue weighted by atomic mass is 10.0. The molecule has 0 rings (SSSR count). The highest BCUT2D eigenvalue weighted by molar-refractivity contribution is 7.87. The van der Waals surface area contributed by atoms with E-state index in [0.717, 1.165) is 39.5 Å². The lowest BCUT2D eigenvalue weighted by Crippen LogP contribution is -2.57. The largest absolute Gasteiger partial charge is 0.480 e. The first-order valence-electron chi connectivity index (χ1n) is 7.03. The predicted molar refractivity (Wildman–Crippen MR) is 78.6 cm³/mol. The molecule has 0 aromatic rings. The van der Waals surface area contributed by atoms with Crippen LogP contribution in [-0.2, 0) is 19.7 Å². The van der Waals surface area contributed by atoms with Crippen LogP contribution in [0.4, 0.5) is 0 Å². The topological polar surface area (TPSA) is 121 Å². The number of nitrogens with one attached hydrogen (secondary N) is 1. The monoisotopic (exact) mass is 323 g/mol. The van der Waals surface area contributed by atoms with Gasteiger partial charge in [0.2, 0.25) is 5.91 Å². The highest BCUT2D eigenvalue weighted by atomic mass is 32.2. The summed E-state index contributed by atoms with van der Waals surface area (Å²) in [5.74, 6) is -2.03. The van der Waals surface area contributed by atoms with Crippen LogP contribution in [0.1, 0.15) is 59.3 Å². The first-order valence-corrected chi connectivity index (χ1v) is 8.47. The van der Waals surface area contributed by atoms with Gasteiger partial charge in [0.15, 0.2) is 0 Å². The summed E-state index contributed by atoms with van der Waals surface area (Å²) < 4.78 is 29.6. The Morgan fingerprint density at radius 1 is 1.14 bits per heavy atom. The molecule has 8 heteroatoms. The van der Waals surface area contributed by atoms with E-state index < -0.39 is 32.8 Å². The van der Waals surface area contributed by atoms with Crippen LogP contribution in [-0.4, -0.2) is 40.7 Å². The number of hydrogen-bond acceptors (Lipinski definition) is 4. The summed E-state index contributed by atoms with van der Waals surface area (Å²) in [5, 5.41) is 11.2. The fourth-order valence-electron chi connectivity index (χ4n) is 1.80. The van der Waals surface area contributed by atoms with Crippen molar-refractivity contribution < 1.29 is 27.7 Å². The van der Waals surface area contributed by atoms with Crippen LogP contribution in [0.3, 0.4) is 0 Å². The molecule has 7 nitrogen and oxygen atoms in total. The van der Waals surface area contributed by atoms with Crippen molar-refractivity contribution in [3.8, 4) is 0 Å². The van der Waals surface area contributed by atoms with Gasteiger partial charge in [0.05, 0.1) is 0 Å². The van der Waals surface area contributed by atoms with Crippen molar-refractivity contribution >= 4 is 22.0 Å². The molecule has 124 valence electrons. The molecule has 0 aromatic carbocycles. The van der Waals surface area contributed by atoms with Gasteiger partial charge in [-0.05, 0) is 20.3 Å². The highest BCUT2D eigenvalue weighted by Crippen LogP contribution is 2.20. The summed E-state index contributed by atoms with van der Waals surface area (Å²) >= 11 is 0. The Morgan fingerprint density at radius 3 is 2.10 bits per heavy atom. The minimum absolute atomic E-state index is 0.134. The van der Waals surface area contributed by atoms with Gasteiger partial charge in [-0.15, -0.1) is 0 Å². The Kier molecular flexibility index (Phi) is 7.87. The fourth-order valence-corrected chi connectivity index (χ4v) is 2.26. The zero-order chi connectivity index (χ0) is 16.7. The maximum atomic E-state index is 11.7. The van der Waals surface area contributed by atoms with Crippen molar-refractivity contribution in [2.24, 2.45) is 0 Å². The number of aliphatic carboxylic acids is 1. The van der Waals surface area contributed by atoms with Crippen molar-refractivity contribution in [1.29, 1.82) is 0 Å². The minimum Gasteiger partial charge on any atom is -0.480 e. The Balaban J connectivity index is 4.60. The molecule has 0 aromatic heterocycles. The highest BCUT2D eigenvalue weighted by Gasteiger charge is 2.46. The van der Waals surface area contributed by atoms with E-state index in [9.17, 15) is 18.0 Å². The minimum atomic E-state index is -4.62. The summed E-state index contributed by atoms with van der Waals surface area (Å²) in [4.78, 5) is 22.9. The Bertz CT molecular complexity index is 457. The molecule has 0 saturated heterocycles. The van der Waals surface area contributed by atoms with Crippen molar-refractivity contribution in [1.82, 2.24) is 5.32 Å². The van der Waals surface area contributed by atoms with E-state index in [1.54, 1.807) is 0 Å². The summed E-state index contributed by atoms with van der Waals surface area (Å²) in [6, 6.07) is -1.70. The van der Waals surface area contributed by atoms with Gasteiger partial charge in [0, 0.05) is 6.42 Å². The Hall–Kier alpha value is -1.15. The third-order valence-electron chi connectivity index (χ3n) is 3.42. The van der Waals surface area contributed by atoms with Crippen LogP contribution >= 0.6 is 0 Å². The van der Waals surface area contributed by atoms with Gasteiger partial charge in [0.25, 0.3) is 10.1 Å². The molecule has 21 heavy (non-hydrogen) atoms. The van der Waals surface area contributed by atoms with Gasteiger partial charge in [-0.1, -0.05) is 32.6 Å². The van der Waals surface area contributed by atoms with Crippen LogP contribution in [0, 0.1) is 0 Å². The lowest BCUT2D eigenvalue weighted by molar-refractivity contribution is -0.142. The summed E-state index contributed by atoms with van der Waals surface area (Å²) in [7, 11) is -4.62. The van der Waals surface area contributed by atoms with Gasteiger partial charge < -0.3 is 10.4 Å².